The van der Waals surface area contributed by atoms with Crippen molar-refractivity contribution < 1.29 is 4.74 Å². The minimum absolute atomic E-state index is 0.318. The summed E-state index contributed by atoms with van der Waals surface area (Å²) in [4.78, 5) is 5.39. The van der Waals surface area contributed by atoms with Crippen molar-refractivity contribution in [1.82, 2.24) is 20.0 Å². The van der Waals surface area contributed by atoms with Gasteiger partial charge in [-0.3, -0.25) is 0 Å². The summed E-state index contributed by atoms with van der Waals surface area (Å²) in [5, 5.41) is 17.7. The van der Waals surface area contributed by atoms with Crippen molar-refractivity contribution >= 4 is 22.9 Å². The summed E-state index contributed by atoms with van der Waals surface area (Å²) in [7, 11) is 1.61. The van der Waals surface area contributed by atoms with E-state index < -0.39 is 0 Å². The van der Waals surface area contributed by atoms with Crippen LogP contribution in [-0.2, 0) is 0 Å². The van der Waals surface area contributed by atoms with Crippen LogP contribution in [0.5, 0.6) is 5.75 Å². The summed E-state index contributed by atoms with van der Waals surface area (Å²) in [5.41, 5.74) is 2.33. The lowest BCUT2D eigenvalue weighted by atomic mass is 10.2. The average Bonchev–Trinajstić information content (AvgIpc) is 2.97. The van der Waals surface area contributed by atoms with Gasteiger partial charge in [-0.2, -0.15) is 5.26 Å². The van der Waals surface area contributed by atoms with Crippen LogP contribution in [0.25, 0.3) is 22.9 Å². The van der Waals surface area contributed by atoms with Gasteiger partial charge in [0.15, 0.2) is 5.70 Å². The Morgan fingerprint density at radius 3 is 2.71 bits per heavy atom. The molecule has 6 heteroatoms. The first-order chi connectivity index (χ1) is 10.3. The molecule has 0 bridgehead atoms. The van der Waals surface area contributed by atoms with Crippen molar-refractivity contribution in [2.45, 2.75) is 0 Å². The topological polar surface area (TPSA) is 76.6 Å². The molecule has 0 N–H and O–H groups in total. The fraction of sp³-hybridized carbons (Fsp3) is 0.0667. The molecular formula is C15H11N5O. The fourth-order valence-electron chi connectivity index (χ4n) is 1.86. The molecule has 0 aliphatic heterocycles. The second-order valence-electron chi connectivity index (χ2n) is 4.25. The molecule has 3 rings (SSSR count). The molecule has 1 aromatic carbocycles. The van der Waals surface area contributed by atoms with Gasteiger partial charge in [-0.25, -0.2) is 4.98 Å². The maximum absolute atomic E-state index is 9.30. The van der Waals surface area contributed by atoms with Crippen molar-refractivity contribution in [3.8, 4) is 11.8 Å². The maximum atomic E-state index is 9.30. The van der Waals surface area contributed by atoms with E-state index >= 15 is 0 Å². The van der Waals surface area contributed by atoms with Crippen molar-refractivity contribution in [3.63, 3.8) is 0 Å². The smallest absolute Gasteiger partial charge is 0.202 e. The number of rotatable bonds is 3. The van der Waals surface area contributed by atoms with Crippen molar-refractivity contribution in [3.05, 3.63) is 48.2 Å². The van der Waals surface area contributed by atoms with Crippen LogP contribution < -0.4 is 4.74 Å². The summed E-state index contributed by atoms with van der Waals surface area (Å²) in [6.45, 7) is 0. The van der Waals surface area contributed by atoms with Crippen LogP contribution in [0.4, 0.5) is 0 Å². The highest BCUT2D eigenvalue weighted by Gasteiger charge is 2.07. The van der Waals surface area contributed by atoms with Gasteiger partial charge in [-0.05, 0) is 35.9 Å². The highest BCUT2D eigenvalue weighted by atomic mass is 16.5. The van der Waals surface area contributed by atoms with E-state index in [4.69, 9.17) is 4.74 Å². The summed E-state index contributed by atoms with van der Waals surface area (Å²) in [5.74, 6) is 0.762. The molecule has 0 saturated carbocycles. The number of aromatic nitrogens is 4. The lowest BCUT2D eigenvalue weighted by Gasteiger charge is -2.00. The minimum atomic E-state index is 0.318. The largest absolute Gasteiger partial charge is 0.497 e. The van der Waals surface area contributed by atoms with Crippen molar-refractivity contribution in [1.29, 1.82) is 5.26 Å². The lowest BCUT2D eigenvalue weighted by molar-refractivity contribution is 0.415. The Morgan fingerprint density at radius 2 is 2.05 bits per heavy atom. The van der Waals surface area contributed by atoms with Gasteiger partial charge < -0.3 is 4.74 Å². The predicted octanol–water partition coefficient (Wildman–Crippen LogP) is 2.36. The first-order valence-electron chi connectivity index (χ1n) is 6.24. The molecule has 0 unspecified atom stereocenters. The Balaban J connectivity index is 2.00. The van der Waals surface area contributed by atoms with Gasteiger partial charge in [-0.15, -0.1) is 15.0 Å². The highest BCUT2D eigenvalue weighted by Crippen LogP contribution is 2.16. The van der Waals surface area contributed by atoms with Crippen LogP contribution in [-0.4, -0.2) is 27.1 Å². The van der Waals surface area contributed by atoms with Crippen molar-refractivity contribution in [2.75, 3.05) is 7.11 Å². The molecule has 0 saturated heterocycles. The Hall–Kier alpha value is -3.20. The van der Waals surface area contributed by atoms with Gasteiger partial charge in [-0.1, -0.05) is 12.1 Å². The first kappa shape index (κ1) is 12.8. The molecule has 2 aromatic heterocycles. The summed E-state index contributed by atoms with van der Waals surface area (Å²) in [6.07, 6.45) is 3.35. The Labute approximate surface area is 120 Å². The number of hydrogen-bond donors (Lipinski definition) is 0. The zero-order chi connectivity index (χ0) is 14.7. The molecule has 21 heavy (non-hydrogen) atoms. The van der Waals surface area contributed by atoms with E-state index in [1.807, 2.05) is 24.3 Å². The first-order valence-corrected chi connectivity index (χ1v) is 6.24. The van der Waals surface area contributed by atoms with E-state index in [-0.39, 0.29) is 0 Å². The van der Waals surface area contributed by atoms with E-state index in [0.29, 0.717) is 16.9 Å². The fourth-order valence-corrected chi connectivity index (χ4v) is 1.86. The van der Waals surface area contributed by atoms with Gasteiger partial charge >= 0.3 is 0 Å². The van der Waals surface area contributed by atoms with Crippen molar-refractivity contribution in [2.24, 2.45) is 0 Å². The number of methoxy groups -OCH3 is 1. The number of fused-ring (bicyclic) bond motifs is 1. The van der Waals surface area contributed by atoms with Crippen LogP contribution in [0.15, 0.2) is 42.6 Å². The monoisotopic (exact) mass is 277 g/mol. The molecule has 0 radical (unpaired) electrons. The van der Waals surface area contributed by atoms with Crippen LogP contribution in [0, 0.1) is 11.3 Å². The van der Waals surface area contributed by atoms with E-state index in [2.05, 4.69) is 21.3 Å². The molecule has 3 aromatic rings. The molecule has 6 nitrogen and oxygen atoms in total. The molecule has 2 heterocycles. The van der Waals surface area contributed by atoms with E-state index in [0.717, 1.165) is 11.3 Å². The van der Waals surface area contributed by atoms with Gasteiger partial charge in [0.25, 0.3) is 0 Å². The summed E-state index contributed by atoms with van der Waals surface area (Å²) < 4.78 is 5.10. The summed E-state index contributed by atoms with van der Waals surface area (Å²) in [6, 6.07) is 13.0. The molecule has 102 valence electrons. The minimum Gasteiger partial charge on any atom is -0.497 e. The lowest BCUT2D eigenvalue weighted by Crippen LogP contribution is -1.99. The average molecular weight is 277 g/mol. The molecule has 0 aliphatic rings. The van der Waals surface area contributed by atoms with Gasteiger partial charge in [0.1, 0.15) is 17.3 Å². The molecule has 0 aliphatic carbocycles. The normalized spacial score (nSPS) is 11.3. The Bertz CT molecular complexity index is 809. The molecule has 0 fully saturated rings. The number of ether oxygens (including phenoxy) is 1. The van der Waals surface area contributed by atoms with Crippen LogP contribution in [0.2, 0.25) is 0 Å². The summed E-state index contributed by atoms with van der Waals surface area (Å²) >= 11 is 0. The highest BCUT2D eigenvalue weighted by molar-refractivity contribution is 5.80. The second-order valence-corrected chi connectivity index (χ2v) is 4.25. The van der Waals surface area contributed by atoms with Gasteiger partial charge in [0.05, 0.1) is 7.11 Å². The number of hydrogen-bond acceptors (Lipinski definition) is 5. The Morgan fingerprint density at radius 1 is 1.24 bits per heavy atom. The third-order valence-corrected chi connectivity index (χ3v) is 2.91. The van der Waals surface area contributed by atoms with Crippen LogP contribution >= 0.6 is 0 Å². The zero-order valence-corrected chi connectivity index (χ0v) is 11.3. The third-order valence-electron chi connectivity index (χ3n) is 2.91. The SMILES string of the molecule is COc1ccc(/C=C(\C#N)n2nc3cccnc3n2)cc1. The number of benzene rings is 1. The molecule has 0 spiro atoms. The Kier molecular flexibility index (Phi) is 3.31. The second kappa shape index (κ2) is 5.43. The number of allylic oxidation sites excluding steroid dienone is 1. The number of nitrogens with zero attached hydrogens (tertiary/aromatic N) is 5. The van der Waals surface area contributed by atoms with Gasteiger partial charge in [0.2, 0.25) is 5.65 Å². The maximum Gasteiger partial charge on any atom is 0.202 e. The third kappa shape index (κ3) is 2.58. The molecule has 0 amide bonds. The van der Waals surface area contributed by atoms with E-state index in [1.54, 1.807) is 31.5 Å². The molecular weight excluding hydrogens is 266 g/mol. The zero-order valence-electron chi connectivity index (χ0n) is 11.3. The predicted molar refractivity (Wildman–Crippen MR) is 78.1 cm³/mol. The molecule has 0 atom stereocenters. The number of pyridine rings is 1. The van der Waals surface area contributed by atoms with E-state index in [1.165, 1.54) is 4.80 Å². The standard InChI is InChI=1S/C15H11N5O/c1-21-13-6-4-11(5-7-13)9-12(10-16)20-18-14-3-2-8-17-15(14)19-20/h2-9H,1H3/b12-9+. The quantitative estimate of drug-likeness (QED) is 0.687. The van der Waals surface area contributed by atoms with Crippen LogP contribution in [0.3, 0.4) is 0 Å². The number of nitriles is 1. The van der Waals surface area contributed by atoms with Crippen LogP contribution in [0.1, 0.15) is 5.56 Å². The van der Waals surface area contributed by atoms with Gasteiger partial charge in [0, 0.05) is 6.20 Å². The van der Waals surface area contributed by atoms with E-state index in [9.17, 15) is 5.26 Å².